The van der Waals surface area contributed by atoms with Crippen molar-refractivity contribution in [1.29, 1.82) is 0 Å². The van der Waals surface area contributed by atoms with E-state index in [-0.39, 0.29) is 12.1 Å². The number of aromatic nitrogens is 2. The summed E-state index contributed by atoms with van der Waals surface area (Å²) >= 11 is 0. The Kier molecular flexibility index (Phi) is 3.90. The van der Waals surface area contributed by atoms with E-state index in [2.05, 4.69) is 16.9 Å². The smallest absolute Gasteiger partial charge is 0.410 e. The van der Waals surface area contributed by atoms with E-state index in [4.69, 9.17) is 4.74 Å². The number of aromatic amines is 1. The van der Waals surface area contributed by atoms with Crippen LogP contribution in [0.3, 0.4) is 0 Å². The van der Waals surface area contributed by atoms with Crippen LogP contribution in [-0.2, 0) is 17.8 Å². The molecule has 5 heteroatoms. The third kappa shape index (κ3) is 2.77. The van der Waals surface area contributed by atoms with E-state index in [1.807, 2.05) is 30.3 Å². The summed E-state index contributed by atoms with van der Waals surface area (Å²) in [5, 5.41) is 0. The zero-order valence-electron chi connectivity index (χ0n) is 12.1. The molecule has 1 aliphatic rings. The topological polar surface area (TPSA) is 58.2 Å². The number of rotatable bonds is 3. The molecule has 5 nitrogen and oxygen atoms in total. The third-order valence-corrected chi connectivity index (χ3v) is 3.87. The molecular formula is C16H19N3O2. The van der Waals surface area contributed by atoms with Crippen LogP contribution in [0.1, 0.15) is 36.3 Å². The predicted molar refractivity (Wildman–Crippen MR) is 78.7 cm³/mol. The van der Waals surface area contributed by atoms with Gasteiger partial charge in [-0.05, 0) is 12.0 Å². The lowest BCUT2D eigenvalue weighted by atomic mass is 10.0. The van der Waals surface area contributed by atoms with E-state index in [1.165, 1.54) is 0 Å². The Bertz CT molecular complexity index is 609. The molecule has 0 aliphatic carbocycles. The lowest BCUT2D eigenvalue weighted by Crippen LogP contribution is -2.40. The molecule has 0 fully saturated rings. The van der Waals surface area contributed by atoms with Crippen LogP contribution in [0.25, 0.3) is 0 Å². The van der Waals surface area contributed by atoms with Gasteiger partial charge >= 0.3 is 6.09 Å². The number of fused-ring (bicyclic) bond motifs is 1. The molecule has 0 radical (unpaired) electrons. The summed E-state index contributed by atoms with van der Waals surface area (Å²) in [7, 11) is 0. The maximum Gasteiger partial charge on any atom is 0.410 e. The minimum Gasteiger partial charge on any atom is -0.445 e. The molecule has 1 unspecified atom stereocenters. The van der Waals surface area contributed by atoms with Crippen molar-refractivity contribution in [3.63, 3.8) is 0 Å². The van der Waals surface area contributed by atoms with Gasteiger partial charge in [0.1, 0.15) is 6.61 Å². The first-order valence-corrected chi connectivity index (χ1v) is 7.29. The van der Waals surface area contributed by atoms with Crippen molar-refractivity contribution in [3.8, 4) is 0 Å². The maximum absolute atomic E-state index is 12.3. The fraction of sp³-hybridized carbons (Fsp3) is 0.375. The van der Waals surface area contributed by atoms with Gasteiger partial charge in [0.15, 0.2) is 0 Å². The molecule has 0 bridgehead atoms. The Balaban J connectivity index is 1.67. The number of amides is 1. The van der Waals surface area contributed by atoms with E-state index >= 15 is 0 Å². The molecule has 3 rings (SSSR count). The van der Waals surface area contributed by atoms with E-state index in [9.17, 15) is 4.79 Å². The van der Waals surface area contributed by atoms with E-state index in [0.29, 0.717) is 13.2 Å². The zero-order chi connectivity index (χ0) is 14.7. The SMILES string of the molecule is CCC1c2nc[nH]c2CCN1C(=O)OCc1ccccc1. The molecule has 1 aromatic heterocycles. The standard InChI is InChI=1S/C16H19N3O2/c1-2-14-15-13(17-11-18-15)8-9-19(14)16(20)21-10-12-6-4-3-5-7-12/h3-7,11,14H,2,8-10H2,1H3,(H,17,18). The van der Waals surface area contributed by atoms with Gasteiger partial charge in [-0.15, -0.1) is 0 Å². The van der Waals surface area contributed by atoms with Crippen molar-refractivity contribution >= 4 is 6.09 Å². The number of carbonyl (C=O) groups excluding carboxylic acids is 1. The second-order valence-corrected chi connectivity index (χ2v) is 5.17. The Morgan fingerprint density at radius 1 is 1.43 bits per heavy atom. The molecule has 21 heavy (non-hydrogen) atoms. The predicted octanol–water partition coefficient (Wildman–Crippen LogP) is 3.06. The van der Waals surface area contributed by atoms with E-state index in [1.54, 1.807) is 11.2 Å². The van der Waals surface area contributed by atoms with Crippen LogP contribution in [-0.4, -0.2) is 27.5 Å². The van der Waals surface area contributed by atoms with Crippen LogP contribution in [0.15, 0.2) is 36.7 Å². The van der Waals surface area contributed by atoms with Gasteiger partial charge in [-0.2, -0.15) is 0 Å². The number of benzene rings is 1. The molecule has 0 spiro atoms. The van der Waals surface area contributed by atoms with Crippen LogP contribution in [0.4, 0.5) is 4.79 Å². The highest BCUT2D eigenvalue weighted by molar-refractivity contribution is 5.68. The summed E-state index contributed by atoms with van der Waals surface area (Å²) in [5.74, 6) is 0. The summed E-state index contributed by atoms with van der Waals surface area (Å²) in [6.45, 7) is 3.03. The number of nitrogens with one attached hydrogen (secondary N) is 1. The minimum absolute atomic E-state index is 0.00303. The van der Waals surface area contributed by atoms with Crippen LogP contribution >= 0.6 is 0 Å². The molecule has 2 aromatic rings. The number of H-pyrrole nitrogens is 1. The summed E-state index contributed by atoms with van der Waals surface area (Å²) in [4.78, 5) is 21.6. The molecular weight excluding hydrogens is 266 g/mol. The van der Waals surface area contributed by atoms with Gasteiger partial charge in [-0.3, -0.25) is 4.90 Å². The fourth-order valence-corrected chi connectivity index (χ4v) is 2.79. The van der Waals surface area contributed by atoms with Gasteiger partial charge in [0.25, 0.3) is 0 Å². The third-order valence-electron chi connectivity index (χ3n) is 3.87. The highest BCUT2D eigenvalue weighted by Crippen LogP contribution is 2.30. The molecule has 1 amide bonds. The number of hydrogen-bond donors (Lipinski definition) is 1. The average molecular weight is 285 g/mol. The van der Waals surface area contributed by atoms with Crippen LogP contribution in [0, 0.1) is 0 Å². The lowest BCUT2D eigenvalue weighted by Gasteiger charge is -2.33. The van der Waals surface area contributed by atoms with Gasteiger partial charge in [0.2, 0.25) is 0 Å². The monoisotopic (exact) mass is 285 g/mol. The number of hydrogen-bond acceptors (Lipinski definition) is 3. The van der Waals surface area contributed by atoms with Crippen molar-refractivity contribution in [1.82, 2.24) is 14.9 Å². The number of ether oxygens (including phenoxy) is 1. The first kappa shape index (κ1) is 13.7. The summed E-state index contributed by atoms with van der Waals surface area (Å²) in [5.41, 5.74) is 3.10. The fourth-order valence-electron chi connectivity index (χ4n) is 2.79. The van der Waals surface area contributed by atoms with Crippen molar-refractivity contribution < 1.29 is 9.53 Å². The normalized spacial score (nSPS) is 17.4. The van der Waals surface area contributed by atoms with Gasteiger partial charge in [0.05, 0.1) is 18.1 Å². The molecule has 2 heterocycles. The summed E-state index contributed by atoms with van der Waals surface area (Å²) < 4.78 is 5.44. The maximum atomic E-state index is 12.3. The van der Waals surface area contributed by atoms with Crippen LogP contribution in [0.5, 0.6) is 0 Å². The highest BCUT2D eigenvalue weighted by Gasteiger charge is 2.32. The molecule has 1 aliphatic heterocycles. The first-order valence-electron chi connectivity index (χ1n) is 7.29. The summed E-state index contributed by atoms with van der Waals surface area (Å²) in [6.07, 6.45) is 3.07. The highest BCUT2D eigenvalue weighted by atomic mass is 16.6. The van der Waals surface area contributed by atoms with Crippen molar-refractivity contribution in [2.45, 2.75) is 32.4 Å². The molecule has 0 saturated heterocycles. The number of nitrogens with zero attached hydrogens (tertiary/aromatic N) is 2. The van der Waals surface area contributed by atoms with Crippen LogP contribution < -0.4 is 0 Å². The quantitative estimate of drug-likeness (QED) is 0.943. The second kappa shape index (κ2) is 5.99. The summed E-state index contributed by atoms with van der Waals surface area (Å²) in [6, 6.07) is 9.73. The van der Waals surface area contributed by atoms with Gasteiger partial charge < -0.3 is 9.72 Å². The number of imidazole rings is 1. The molecule has 1 atom stereocenters. The Hall–Kier alpha value is -2.30. The molecule has 1 N–H and O–H groups in total. The van der Waals surface area contributed by atoms with Crippen molar-refractivity contribution in [3.05, 3.63) is 53.6 Å². The first-order chi connectivity index (χ1) is 10.3. The Morgan fingerprint density at radius 3 is 3.00 bits per heavy atom. The van der Waals surface area contributed by atoms with Crippen molar-refractivity contribution in [2.75, 3.05) is 6.54 Å². The average Bonchev–Trinajstić information content (AvgIpc) is 3.01. The Labute approximate surface area is 124 Å². The van der Waals surface area contributed by atoms with E-state index in [0.717, 1.165) is 29.8 Å². The molecule has 110 valence electrons. The van der Waals surface area contributed by atoms with Gasteiger partial charge in [-0.25, -0.2) is 9.78 Å². The van der Waals surface area contributed by atoms with Crippen molar-refractivity contribution in [2.24, 2.45) is 0 Å². The van der Waals surface area contributed by atoms with E-state index < -0.39 is 0 Å². The van der Waals surface area contributed by atoms with Crippen LogP contribution in [0.2, 0.25) is 0 Å². The molecule has 0 saturated carbocycles. The lowest BCUT2D eigenvalue weighted by molar-refractivity contribution is 0.0751. The zero-order valence-corrected chi connectivity index (χ0v) is 12.1. The Morgan fingerprint density at radius 2 is 2.24 bits per heavy atom. The van der Waals surface area contributed by atoms with Gasteiger partial charge in [-0.1, -0.05) is 37.3 Å². The largest absolute Gasteiger partial charge is 0.445 e. The molecule has 1 aromatic carbocycles. The second-order valence-electron chi connectivity index (χ2n) is 5.17. The number of carbonyl (C=O) groups is 1. The van der Waals surface area contributed by atoms with Gasteiger partial charge in [0, 0.05) is 18.7 Å². The minimum atomic E-state index is -0.264.